The third kappa shape index (κ3) is 3.71. The van der Waals surface area contributed by atoms with E-state index in [1.165, 1.54) is 12.1 Å². The SMILES string of the molecule is O=C(NC1CC(C(=O)O)C1)c1ccccc1-c1ccc(C(F)(F)F)cc1. The number of carbonyl (C=O) groups is 2. The van der Waals surface area contributed by atoms with Crippen molar-refractivity contribution in [2.24, 2.45) is 5.92 Å². The number of benzene rings is 2. The Kier molecular flexibility index (Phi) is 4.71. The molecule has 2 N–H and O–H groups in total. The Morgan fingerprint density at radius 1 is 1.00 bits per heavy atom. The molecule has 136 valence electrons. The van der Waals surface area contributed by atoms with Gasteiger partial charge in [-0.2, -0.15) is 13.2 Å². The number of amides is 1. The number of hydrogen-bond donors (Lipinski definition) is 2. The van der Waals surface area contributed by atoms with E-state index in [0.29, 0.717) is 29.5 Å². The lowest BCUT2D eigenvalue weighted by atomic mass is 9.80. The molecule has 1 aliphatic carbocycles. The molecule has 1 saturated carbocycles. The summed E-state index contributed by atoms with van der Waals surface area (Å²) in [5.41, 5.74) is 0.608. The van der Waals surface area contributed by atoms with Crippen LogP contribution in [0.1, 0.15) is 28.8 Å². The van der Waals surface area contributed by atoms with Crippen LogP contribution in [0.25, 0.3) is 11.1 Å². The highest BCUT2D eigenvalue weighted by Gasteiger charge is 2.35. The Hall–Kier alpha value is -2.83. The number of alkyl halides is 3. The molecule has 1 amide bonds. The second kappa shape index (κ2) is 6.82. The average Bonchev–Trinajstić information content (AvgIpc) is 2.56. The molecule has 1 aliphatic rings. The van der Waals surface area contributed by atoms with E-state index >= 15 is 0 Å². The minimum Gasteiger partial charge on any atom is -0.481 e. The van der Waals surface area contributed by atoms with Crippen LogP contribution in [0.5, 0.6) is 0 Å². The number of hydrogen-bond acceptors (Lipinski definition) is 2. The highest BCUT2D eigenvalue weighted by molar-refractivity contribution is 6.01. The van der Waals surface area contributed by atoms with E-state index in [1.54, 1.807) is 24.3 Å². The van der Waals surface area contributed by atoms with Gasteiger partial charge in [-0.1, -0.05) is 30.3 Å². The van der Waals surface area contributed by atoms with Gasteiger partial charge in [0.15, 0.2) is 0 Å². The Labute approximate surface area is 147 Å². The molecule has 0 unspecified atom stereocenters. The summed E-state index contributed by atoms with van der Waals surface area (Å²) in [7, 11) is 0. The molecular weight excluding hydrogens is 347 g/mol. The zero-order valence-corrected chi connectivity index (χ0v) is 13.6. The van der Waals surface area contributed by atoms with Gasteiger partial charge >= 0.3 is 12.1 Å². The maximum Gasteiger partial charge on any atom is 0.416 e. The van der Waals surface area contributed by atoms with Crippen molar-refractivity contribution in [1.29, 1.82) is 0 Å². The van der Waals surface area contributed by atoms with E-state index in [-0.39, 0.29) is 11.9 Å². The molecule has 0 radical (unpaired) electrons. The summed E-state index contributed by atoms with van der Waals surface area (Å²) >= 11 is 0. The lowest BCUT2D eigenvalue weighted by Crippen LogP contribution is -2.46. The molecule has 0 bridgehead atoms. The quantitative estimate of drug-likeness (QED) is 0.864. The maximum absolute atomic E-state index is 12.7. The summed E-state index contributed by atoms with van der Waals surface area (Å²) in [6.45, 7) is 0. The van der Waals surface area contributed by atoms with Crippen LogP contribution in [-0.2, 0) is 11.0 Å². The van der Waals surface area contributed by atoms with Gasteiger partial charge < -0.3 is 10.4 Å². The number of halogens is 3. The molecule has 0 aliphatic heterocycles. The van der Waals surface area contributed by atoms with Crippen LogP contribution in [-0.4, -0.2) is 23.0 Å². The summed E-state index contributed by atoms with van der Waals surface area (Å²) in [4.78, 5) is 23.3. The average molecular weight is 363 g/mol. The topological polar surface area (TPSA) is 66.4 Å². The van der Waals surface area contributed by atoms with Crippen LogP contribution < -0.4 is 5.32 Å². The number of carboxylic acid groups (broad SMARTS) is 1. The molecule has 0 spiro atoms. The smallest absolute Gasteiger partial charge is 0.416 e. The first-order valence-electron chi connectivity index (χ1n) is 8.06. The Bertz CT molecular complexity index is 825. The highest BCUT2D eigenvalue weighted by atomic mass is 19.4. The molecule has 0 saturated heterocycles. The van der Waals surface area contributed by atoms with Gasteiger partial charge in [-0.3, -0.25) is 9.59 Å². The minimum absolute atomic E-state index is 0.204. The van der Waals surface area contributed by atoms with Gasteiger partial charge in [0.2, 0.25) is 0 Å². The van der Waals surface area contributed by atoms with E-state index in [0.717, 1.165) is 12.1 Å². The van der Waals surface area contributed by atoms with Gasteiger partial charge in [-0.05, 0) is 42.2 Å². The van der Waals surface area contributed by atoms with Crippen molar-refractivity contribution in [2.45, 2.75) is 25.1 Å². The highest BCUT2D eigenvalue weighted by Crippen LogP contribution is 2.32. The molecular formula is C19H16F3NO3. The van der Waals surface area contributed by atoms with Crippen molar-refractivity contribution in [3.63, 3.8) is 0 Å². The van der Waals surface area contributed by atoms with E-state index in [1.807, 2.05) is 0 Å². The summed E-state index contributed by atoms with van der Waals surface area (Å²) in [6, 6.07) is 11.0. The molecule has 1 fully saturated rings. The second-order valence-corrected chi connectivity index (χ2v) is 6.30. The lowest BCUT2D eigenvalue weighted by Gasteiger charge is -2.33. The number of nitrogens with one attached hydrogen (secondary N) is 1. The monoisotopic (exact) mass is 363 g/mol. The predicted molar refractivity (Wildman–Crippen MR) is 88.5 cm³/mol. The zero-order chi connectivity index (χ0) is 18.9. The Morgan fingerprint density at radius 3 is 2.19 bits per heavy atom. The molecule has 2 aromatic rings. The summed E-state index contributed by atoms with van der Waals surface area (Å²) in [5, 5.41) is 11.7. The zero-order valence-electron chi connectivity index (χ0n) is 13.6. The van der Waals surface area contributed by atoms with Crippen LogP contribution in [0.3, 0.4) is 0 Å². The van der Waals surface area contributed by atoms with E-state index in [4.69, 9.17) is 5.11 Å². The van der Waals surface area contributed by atoms with Gasteiger partial charge in [0.1, 0.15) is 0 Å². The largest absolute Gasteiger partial charge is 0.481 e. The van der Waals surface area contributed by atoms with Gasteiger partial charge in [0.05, 0.1) is 11.5 Å². The summed E-state index contributed by atoms with van der Waals surface area (Å²) < 4.78 is 38.1. The molecule has 26 heavy (non-hydrogen) atoms. The van der Waals surface area contributed by atoms with Crippen molar-refractivity contribution < 1.29 is 27.9 Å². The summed E-state index contributed by atoms with van der Waals surface area (Å²) in [5.74, 6) is -1.68. The molecule has 2 aromatic carbocycles. The first-order chi connectivity index (χ1) is 12.3. The van der Waals surface area contributed by atoms with Gasteiger partial charge in [-0.15, -0.1) is 0 Å². The fraction of sp³-hybridized carbons (Fsp3) is 0.263. The standard InChI is InChI=1S/C19H16F3NO3/c20-19(21,22)13-7-5-11(6-8-13)15-3-1-2-4-16(15)17(24)23-14-9-12(10-14)18(25)26/h1-8,12,14H,9-10H2,(H,23,24)(H,25,26). The normalized spacial score (nSPS) is 19.5. The first kappa shape index (κ1) is 18.0. The number of carboxylic acids is 1. The predicted octanol–water partition coefficient (Wildman–Crippen LogP) is 3.97. The maximum atomic E-state index is 12.7. The van der Waals surface area contributed by atoms with Crippen molar-refractivity contribution in [3.8, 4) is 11.1 Å². The minimum atomic E-state index is -4.42. The molecule has 3 rings (SSSR count). The van der Waals surface area contributed by atoms with Crippen LogP contribution in [0.2, 0.25) is 0 Å². The van der Waals surface area contributed by atoms with Crippen molar-refractivity contribution in [3.05, 3.63) is 59.7 Å². The van der Waals surface area contributed by atoms with Gasteiger partial charge in [0, 0.05) is 11.6 Å². The third-order valence-corrected chi connectivity index (χ3v) is 4.52. The molecule has 7 heteroatoms. The molecule has 0 aromatic heterocycles. The Morgan fingerprint density at radius 2 is 1.62 bits per heavy atom. The van der Waals surface area contributed by atoms with Crippen LogP contribution in [0.4, 0.5) is 13.2 Å². The first-order valence-corrected chi connectivity index (χ1v) is 8.06. The van der Waals surface area contributed by atoms with Crippen molar-refractivity contribution in [2.75, 3.05) is 0 Å². The van der Waals surface area contributed by atoms with Crippen LogP contribution >= 0.6 is 0 Å². The van der Waals surface area contributed by atoms with E-state index in [2.05, 4.69) is 5.32 Å². The van der Waals surface area contributed by atoms with Crippen LogP contribution in [0.15, 0.2) is 48.5 Å². The third-order valence-electron chi connectivity index (χ3n) is 4.52. The second-order valence-electron chi connectivity index (χ2n) is 6.30. The van der Waals surface area contributed by atoms with Crippen LogP contribution in [0, 0.1) is 5.92 Å². The number of carbonyl (C=O) groups excluding carboxylic acids is 1. The fourth-order valence-corrected chi connectivity index (χ4v) is 2.97. The van der Waals surface area contributed by atoms with Crippen molar-refractivity contribution >= 4 is 11.9 Å². The fourth-order valence-electron chi connectivity index (χ4n) is 2.97. The summed E-state index contributed by atoms with van der Waals surface area (Å²) in [6.07, 6.45) is -3.66. The Balaban J connectivity index is 1.78. The molecule has 0 atom stereocenters. The number of aliphatic carboxylic acids is 1. The lowest BCUT2D eigenvalue weighted by molar-refractivity contribution is -0.145. The number of rotatable bonds is 4. The molecule has 0 heterocycles. The van der Waals surface area contributed by atoms with E-state index < -0.39 is 23.6 Å². The van der Waals surface area contributed by atoms with Gasteiger partial charge in [0.25, 0.3) is 5.91 Å². The molecule has 4 nitrogen and oxygen atoms in total. The van der Waals surface area contributed by atoms with Gasteiger partial charge in [-0.25, -0.2) is 0 Å². The van der Waals surface area contributed by atoms with Crippen molar-refractivity contribution in [1.82, 2.24) is 5.32 Å². The van der Waals surface area contributed by atoms with E-state index in [9.17, 15) is 22.8 Å².